The molecule has 0 amide bonds. The van der Waals surface area contributed by atoms with E-state index in [0.717, 1.165) is 24.3 Å². The zero-order valence-electron chi connectivity index (χ0n) is 9.23. The average Bonchev–Trinajstić information content (AvgIpc) is 2.32. The van der Waals surface area contributed by atoms with Gasteiger partial charge in [0.25, 0.3) is 0 Å². The van der Waals surface area contributed by atoms with Crippen molar-refractivity contribution >= 4 is 17.4 Å². The van der Waals surface area contributed by atoms with Crippen LogP contribution in [0.25, 0.3) is 0 Å². The second kappa shape index (κ2) is 5.55. The second-order valence-electron chi connectivity index (χ2n) is 3.69. The smallest absolute Gasteiger partial charge is 0.131 e. The van der Waals surface area contributed by atoms with Crippen molar-refractivity contribution in [3.8, 4) is 5.75 Å². The van der Waals surface area contributed by atoms with Gasteiger partial charge >= 0.3 is 0 Å². The first-order valence-corrected chi connectivity index (χ1v) is 5.76. The van der Waals surface area contributed by atoms with E-state index in [1.807, 2.05) is 24.3 Å². The molecule has 0 unspecified atom stereocenters. The summed E-state index contributed by atoms with van der Waals surface area (Å²) in [6, 6.07) is 12.7. The Morgan fingerprint density at radius 3 is 2.59 bits per heavy atom. The number of hydrogen-bond donors (Lipinski definition) is 2. The van der Waals surface area contributed by atoms with Crippen LogP contribution in [0.15, 0.2) is 42.5 Å². The summed E-state index contributed by atoms with van der Waals surface area (Å²) in [5, 5.41) is 12.8. The van der Waals surface area contributed by atoms with Crippen LogP contribution >= 0.6 is 11.6 Å². The summed E-state index contributed by atoms with van der Waals surface area (Å²) in [5.41, 5.74) is 1.16. The van der Waals surface area contributed by atoms with Crippen molar-refractivity contribution in [3.63, 3.8) is 0 Å². The minimum Gasteiger partial charge on any atom is -0.508 e. The van der Waals surface area contributed by atoms with Crippen molar-refractivity contribution in [1.82, 2.24) is 4.98 Å². The highest BCUT2D eigenvalue weighted by Gasteiger charge is 1.96. The number of nitrogens with zero attached hydrogens (tertiary/aromatic N) is 1. The minimum absolute atomic E-state index is 0.290. The number of rotatable bonds is 4. The van der Waals surface area contributed by atoms with Crippen LogP contribution in [-0.4, -0.2) is 16.6 Å². The summed E-state index contributed by atoms with van der Waals surface area (Å²) in [6.45, 7) is 0.776. The molecule has 4 heteroatoms. The maximum Gasteiger partial charge on any atom is 0.131 e. The fraction of sp³-hybridized carbons (Fsp3) is 0.154. The highest BCUT2D eigenvalue weighted by Crippen LogP contribution is 2.11. The van der Waals surface area contributed by atoms with Crippen molar-refractivity contribution in [2.45, 2.75) is 6.42 Å². The molecular weight excluding hydrogens is 236 g/mol. The number of benzene rings is 1. The predicted octanol–water partition coefficient (Wildman–Crippen LogP) is 3.10. The van der Waals surface area contributed by atoms with Gasteiger partial charge in [-0.3, -0.25) is 0 Å². The van der Waals surface area contributed by atoms with E-state index in [4.69, 9.17) is 16.7 Å². The third-order valence-electron chi connectivity index (χ3n) is 2.37. The molecule has 0 aliphatic rings. The quantitative estimate of drug-likeness (QED) is 0.818. The number of anilines is 1. The largest absolute Gasteiger partial charge is 0.508 e. The number of aromatic hydroxyl groups is 1. The highest BCUT2D eigenvalue weighted by molar-refractivity contribution is 6.29. The van der Waals surface area contributed by atoms with E-state index < -0.39 is 0 Å². The fourth-order valence-electron chi connectivity index (χ4n) is 1.50. The van der Waals surface area contributed by atoms with E-state index in [9.17, 15) is 0 Å². The monoisotopic (exact) mass is 248 g/mol. The van der Waals surface area contributed by atoms with Gasteiger partial charge in [-0.15, -0.1) is 0 Å². The van der Waals surface area contributed by atoms with Crippen LogP contribution < -0.4 is 5.32 Å². The van der Waals surface area contributed by atoms with Crippen LogP contribution in [0.2, 0.25) is 5.15 Å². The molecule has 0 fully saturated rings. The number of hydrogen-bond acceptors (Lipinski definition) is 3. The van der Waals surface area contributed by atoms with Gasteiger partial charge in [0.05, 0.1) is 0 Å². The molecule has 0 atom stereocenters. The summed E-state index contributed by atoms with van der Waals surface area (Å²) >= 11 is 5.78. The summed E-state index contributed by atoms with van der Waals surface area (Å²) in [5.74, 6) is 1.06. The average molecular weight is 249 g/mol. The Hall–Kier alpha value is -1.74. The van der Waals surface area contributed by atoms with Gasteiger partial charge in [-0.1, -0.05) is 29.8 Å². The number of phenols is 1. The van der Waals surface area contributed by atoms with Crippen molar-refractivity contribution in [2.75, 3.05) is 11.9 Å². The molecule has 0 spiro atoms. The van der Waals surface area contributed by atoms with E-state index in [1.165, 1.54) is 0 Å². The summed E-state index contributed by atoms with van der Waals surface area (Å²) in [6.07, 6.45) is 0.870. The van der Waals surface area contributed by atoms with Crippen molar-refractivity contribution in [1.29, 1.82) is 0 Å². The first-order chi connectivity index (χ1) is 8.24. The van der Waals surface area contributed by atoms with Gasteiger partial charge in [0, 0.05) is 6.54 Å². The lowest BCUT2D eigenvalue weighted by Crippen LogP contribution is -2.05. The molecular formula is C13H13ClN2O. The minimum atomic E-state index is 0.290. The van der Waals surface area contributed by atoms with Gasteiger partial charge in [-0.2, -0.15) is 0 Å². The van der Waals surface area contributed by atoms with Crippen LogP contribution in [-0.2, 0) is 6.42 Å². The predicted molar refractivity (Wildman–Crippen MR) is 69.5 cm³/mol. The fourth-order valence-corrected chi connectivity index (χ4v) is 1.67. The normalized spacial score (nSPS) is 10.2. The SMILES string of the molecule is Oc1ccc(CCNc2cccc(Cl)n2)cc1. The molecule has 2 aromatic rings. The third kappa shape index (κ3) is 3.64. The van der Waals surface area contributed by atoms with Crippen molar-refractivity contribution in [2.24, 2.45) is 0 Å². The van der Waals surface area contributed by atoms with Gasteiger partial charge in [-0.05, 0) is 36.2 Å². The molecule has 88 valence electrons. The molecule has 1 aromatic heterocycles. The molecule has 0 saturated carbocycles. The van der Waals surface area contributed by atoms with Gasteiger partial charge in [0.15, 0.2) is 0 Å². The van der Waals surface area contributed by atoms with E-state index >= 15 is 0 Å². The first-order valence-electron chi connectivity index (χ1n) is 5.38. The zero-order chi connectivity index (χ0) is 12.1. The van der Waals surface area contributed by atoms with Gasteiger partial charge in [0.2, 0.25) is 0 Å². The Kier molecular flexibility index (Phi) is 3.83. The Balaban J connectivity index is 1.85. The first kappa shape index (κ1) is 11.7. The number of phenolic OH excluding ortho intramolecular Hbond substituents is 1. The van der Waals surface area contributed by atoms with E-state index in [1.54, 1.807) is 18.2 Å². The Morgan fingerprint density at radius 1 is 1.12 bits per heavy atom. The molecule has 0 aliphatic carbocycles. The molecule has 0 aliphatic heterocycles. The van der Waals surface area contributed by atoms with E-state index in [0.29, 0.717) is 10.9 Å². The molecule has 0 saturated heterocycles. The van der Waals surface area contributed by atoms with E-state index in [-0.39, 0.29) is 0 Å². The molecule has 2 rings (SSSR count). The van der Waals surface area contributed by atoms with Gasteiger partial charge < -0.3 is 10.4 Å². The summed E-state index contributed by atoms with van der Waals surface area (Å²) < 4.78 is 0. The second-order valence-corrected chi connectivity index (χ2v) is 4.08. The van der Waals surface area contributed by atoms with Crippen LogP contribution in [0.1, 0.15) is 5.56 Å². The lowest BCUT2D eigenvalue weighted by molar-refractivity contribution is 0.475. The van der Waals surface area contributed by atoms with Gasteiger partial charge in [0.1, 0.15) is 16.7 Å². The summed E-state index contributed by atoms with van der Waals surface area (Å²) in [4.78, 5) is 4.13. The Bertz CT molecular complexity index is 485. The molecule has 0 bridgehead atoms. The maximum atomic E-state index is 9.15. The number of halogens is 1. The van der Waals surface area contributed by atoms with E-state index in [2.05, 4.69) is 10.3 Å². The number of pyridine rings is 1. The Labute approximate surface area is 105 Å². The molecule has 0 radical (unpaired) electrons. The standard InChI is InChI=1S/C13H13ClN2O/c14-12-2-1-3-13(16-12)15-9-8-10-4-6-11(17)7-5-10/h1-7,17H,8-9H2,(H,15,16). The lowest BCUT2D eigenvalue weighted by atomic mass is 10.1. The molecule has 17 heavy (non-hydrogen) atoms. The molecule has 3 nitrogen and oxygen atoms in total. The van der Waals surface area contributed by atoms with Crippen LogP contribution in [0.4, 0.5) is 5.82 Å². The highest BCUT2D eigenvalue weighted by atomic mass is 35.5. The third-order valence-corrected chi connectivity index (χ3v) is 2.58. The van der Waals surface area contributed by atoms with Crippen molar-refractivity contribution < 1.29 is 5.11 Å². The lowest BCUT2D eigenvalue weighted by Gasteiger charge is -2.05. The molecule has 1 heterocycles. The number of nitrogens with one attached hydrogen (secondary N) is 1. The summed E-state index contributed by atoms with van der Waals surface area (Å²) in [7, 11) is 0. The zero-order valence-corrected chi connectivity index (χ0v) is 9.98. The maximum absolute atomic E-state index is 9.15. The molecule has 1 aromatic carbocycles. The van der Waals surface area contributed by atoms with Crippen molar-refractivity contribution in [3.05, 3.63) is 53.2 Å². The van der Waals surface area contributed by atoms with Crippen LogP contribution in [0.5, 0.6) is 5.75 Å². The topological polar surface area (TPSA) is 45.1 Å². The van der Waals surface area contributed by atoms with Crippen LogP contribution in [0, 0.1) is 0 Å². The van der Waals surface area contributed by atoms with Gasteiger partial charge in [-0.25, -0.2) is 4.98 Å². The molecule has 2 N–H and O–H groups in total. The Morgan fingerprint density at radius 2 is 1.88 bits per heavy atom. The van der Waals surface area contributed by atoms with Crippen LogP contribution in [0.3, 0.4) is 0 Å². The number of aromatic nitrogens is 1.